The first-order chi connectivity index (χ1) is 6.02. The van der Waals surface area contributed by atoms with Crippen LogP contribution >= 0.6 is 11.6 Å². The number of alkyl halides is 1. The third-order valence-electron chi connectivity index (χ3n) is 2.18. The zero-order valence-corrected chi connectivity index (χ0v) is 9.78. The molecule has 0 fully saturated rings. The van der Waals surface area contributed by atoms with Crippen LogP contribution < -0.4 is 0 Å². The van der Waals surface area contributed by atoms with E-state index < -0.39 is 0 Å². The van der Waals surface area contributed by atoms with Crippen LogP contribution in [0.15, 0.2) is 35.2 Å². The quantitative estimate of drug-likeness (QED) is 0.365. The SMILES string of the molecule is BC(=C/C(C)Cl)/C(C)=C(/BC)C=C. The van der Waals surface area contributed by atoms with Crippen molar-refractivity contribution in [2.45, 2.75) is 26.0 Å². The predicted molar refractivity (Wildman–Crippen MR) is 67.9 cm³/mol. The molecule has 0 rings (SSSR count). The molecule has 3 heteroatoms. The predicted octanol–water partition coefficient (Wildman–Crippen LogP) is 2.08. The molecule has 0 saturated carbocycles. The largest absolute Gasteiger partial charge is 0.154 e. The Morgan fingerprint density at radius 3 is 2.46 bits per heavy atom. The summed E-state index contributed by atoms with van der Waals surface area (Å²) in [7, 11) is 3.12. The third-order valence-corrected chi connectivity index (χ3v) is 2.31. The first-order valence-corrected chi connectivity index (χ1v) is 5.11. The molecule has 70 valence electrons. The Hall–Kier alpha value is -0.360. The van der Waals surface area contributed by atoms with E-state index in [4.69, 9.17) is 11.6 Å². The number of hydrogen-bond acceptors (Lipinski definition) is 0. The highest BCUT2D eigenvalue weighted by Crippen LogP contribution is 2.13. The molecule has 0 aromatic rings. The fraction of sp³-hybridized carbons (Fsp3) is 0.400. The Bertz CT molecular complexity index is 239. The lowest BCUT2D eigenvalue weighted by Crippen LogP contribution is -1.98. The van der Waals surface area contributed by atoms with Gasteiger partial charge in [0, 0.05) is 5.38 Å². The van der Waals surface area contributed by atoms with E-state index in [-0.39, 0.29) is 5.38 Å². The van der Waals surface area contributed by atoms with Crippen LogP contribution in [0.2, 0.25) is 6.82 Å². The highest BCUT2D eigenvalue weighted by molar-refractivity contribution is 6.45. The van der Waals surface area contributed by atoms with E-state index >= 15 is 0 Å². The van der Waals surface area contributed by atoms with Crippen molar-refractivity contribution < 1.29 is 0 Å². The van der Waals surface area contributed by atoms with Crippen LogP contribution in [-0.4, -0.2) is 20.5 Å². The van der Waals surface area contributed by atoms with Crippen LogP contribution in [0.1, 0.15) is 13.8 Å². The average molecular weight is 194 g/mol. The first-order valence-electron chi connectivity index (χ1n) is 4.68. The Balaban J connectivity index is 4.84. The fourth-order valence-corrected chi connectivity index (χ4v) is 1.47. The van der Waals surface area contributed by atoms with Gasteiger partial charge >= 0.3 is 0 Å². The van der Waals surface area contributed by atoms with Crippen molar-refractivity contribution in [2.24, 2.45) is 0 Å². The summed E-state index contributed by atoms with van der Waals surface area (Å²) < 4.78 is 0. The molecule has 0 bridgehead atoms. The summed E-state index contributed by atoms with van der Waals surface area (Å²) in [5, 5.41) is 0.0953. The molecule has 0 aromatic heterocycles. The maximum absolute atomic E-state index is 5.88. The second kappa shape index (κ2) is 6.15. The zero-order valence-electron chi connectivity index (χ0n) is 9.02. The fourth-order valence-electron chi connectivity index (χ4n) is 1.29. The standard InChI is InChI=1S/C10H17B2Cl/c1-5-10(12-4)8(3)9(11)6-7(2)13/h5-7,12H,1,11H2,2-4H3/b9-6+,10-8+. The van der Waals surface area contributed by atoms with Crippen LogP contribution in [-0.2, 0) is 0 Å². The molecular weight excluding hydrogens is 177 g/mol. The van der Waals surface area contributed by atoms with Gasteiger partial charge in [-0.15, -0.1) is 11.6 Å². The van der Waals surface area contributed by atoms with Gasteiger partial charge in [-0.1, -0.05) is 42.1 Å². The van der Waals surface area contributed by atoms with Gasteiger partial charge in [0.05, 0.1) is 0 Å². The number of rotatable bonds is 4. The molecule has 1 unspecified atom stereocenters. The van der Waals surface area contributed by atoms with E-state index in [1.165, 1.54) is 16.5 Å². The molecule has 0 aliphatic rings. The molecule has 0 N–H and O–H groups in total. The topological polar surface area (TPSA) is 0 Å². The van der Waals surface area contributed by atoms with Crippen molar-refractivity contribution >= 4 is 26.7 Å². The van der Waals surface area contributed by atoms with E-state index in [9.17, 15) is 0 Å². The summed E-state index contributed by atoms with van der Waals surface area (Å²) in [6.45, 7) is 10.0. The van der Waals surface area contributed by atoms with Crippen molar-refractivity contribution in [1.29, 1.82) is 0 Å². The molecule has 0 spiro atoms. The molecule has 0 saturated heterocycles. The highest BCUT2D eigenvalue weighted by Gasteiger charge is 2.00. The Labute approximate surface area is 88.4 Å². The average Bonchev–Trinajstić information content (AvgIpc) is 2.05. The Morgan fingerprint density at radius 1 is 1.62 bits per heavy atom. The first kappa shape index (κ1) is 12.6. The van der Waals surface area contributed by atoms with Crippen LogP contribution in [0.3, 0.4) is 0 Å². The van der Waals surface area contributed by atoms with E-state index in [2.05, 4.69) is 34.2 Å². The summed E-state index contributed by atoms with van der Waals surface area (Å²) >= 11 is 5.88. The molecule has 0 aliphatic carbocycles. The summed E-state index contributed by atoms with van der Waals surface area (Å²) in [5.74, 6) is 0. The second-order valence-corrected chi connectivity index (χ2v) is 3.92. The van der Waals surface area contributed by atoms with Gasteiger partial charge in [0.15, 0.2) is 7.28 Å². The molecule has 0 nitrogen and oxygen atoms in total. The molecule has 13 heavy (non-hydrogen) atoms. The van der Waals surface area contributed by atoms with Crippen LogP contribution in [0.25, 0.3) is 0 Å². The van der Waals surface area contributed by atoms with Gasteiger partial charge in [-0.2, -0.15) is 0 Å². The number of halogens is 1. The lowest BCUT2D eigenvalue weighted by molar-refractivity contribution is 1.21. The van der Waals surface area contributed by atoms with E-state index in [1.807, 2.05) is 13.0 Å². The van der Waals surface area contributed by atoms with Crippen molar-refractivity contribution in [3.05, 3.63) is 35.2 Å². The normalized spacial score (nSPS) is 16.2. The minimum Gasteiger partial charge on any atom is -0.119 e. The van der Waals surface area contributed by atoms with Crippen molar-refractivity contribution in [3.63, 3.8) is 0 Å². The summed E-state index contributed by atoms with van der Waals surface area (Å²) in [6, 6.07) is 0. The van der Waals surface area contributed by atoms with Gasteiger partial charge in [-0.25, -0.2) is 0 Å². The second-order valence-electron chi connectivity index (χ2n) is 3.24. The molecule has 0 heterocycles. The summed E-state index contributed by atoms with van der Waals surface area (Å²) in [5.41, 5.74) is 3.84. The number of hydrogen-bond donors (Lipinski definition) is 0. The van der Waals surface area contributed by atoms with Gasteiger partial charge < -0.3 is 0 Å². The molecule has 0 aliphatic heterocycles. The van der Waals surface area contributed by atoms with Gasteiger partial charge in [0.2, 0.25) is 0 Å². The van der Waals surface area contributed by atoms with Gasteiger partial charge in [0.1, 0.15) is 7.85 Å². The maximum atomic E-state index is 5.88. The third kappa shape index (κ3) is 4.42. The van der Waals surface area contributed by atoms with E-state index in [1.54, 1.807) is 0 Å². The van der Waals surface area contributed by atoms with Crippen LogP contribution in [0.5, 0.6) is 0 Å². The van der Waals surface area contributed by atoms with Crippen molar-refractivity contribution in [1.82, 2.24) is 0 Å². The van der Waals surface area contributed by atoms with Gasteiger partial charge in [-0.3, -0.25) is 0 Å². The monoisotopic (exact) mass is 194 g/mol. The van der Waals surface area contributed by atoms with E-state index in [0.717, 1.165) is 7.28 Å². The number of allylic oxidation sites excluding steroid dienone is 5. The highest BCUT2D eigenvalue weighted by atomic mass is 35.5. The molecule has 0 radical (unpaired) electrons. The van der Waals surface area contributed by atoms with E-state index in [0.29, 0.717) is 0 Å². The van der Waals surface area contributed by atoms with Gasteiger partial charge in [0.25, 0.3) is 0 Å². The Morgan fingerprint density at radius 2 is 2.15 bits per heavy atom. The molecular formula is C10H17B2Cl. The minimum atomic E-state index is 0.0953. The zero-order chi connectivity index (χ0) is 10.4. The van der Waals surface area contributed by atoms with Crippen LogP contribution in [0.4, 0.5) is 0 Å². The summed E-state index contributed by atoms with van der Waals surface area (Å²) in [4.78, 5) is 0. The maximum Gasteiger partial charge on any atom is 0.154 e. The smallest absolute Gasteiger partial charge is 0.119 e. The Kier molecular flexibility index (Phi) is 5.98. The van der Waals surface area contributed by atoms with Crippen molar-refractivity contribution in [3.8, 4) is 0 Å². The van der Waals surface area contributed by atoms with Crippen LogP contribution in [0, 0.1) is 0 Å². The lowest BCUT2D eigenvalue weighted by Gasteiger charge is -2.07. The molecule has 0 amide bonds. The molecule has 1 atom stereocenters. The lowest BCUT2D eigenvalue weighted by atomic mass is 9.67. The minimum absolute atomic E-state index is 0.0953. The summed E-state index contributed by atoms with van der Waals surface area (Å²) in [6.07, 6.45) is 3.99. The van der Waals surface area contributed by atoms with Gasteiger partial charge in [-0.05, 0) is 13.8 Å². The molecule has 0 aromatic carbocycles. The van der Waals surface area contributed by atoms with Crippen molar-refractivity contribution in [2.75, 3.05) is 0 Å².